The Morgan fingerprint density at radius 3 is 2.76 bits per heavy atom. The number of carboxylic acid groups (broad SMARTS) is 1. The van der Waals surface area contributed by atoms with Gasteiger partial charge in [0.2, 0.25) is 0 Å². The highest BCUT2D eigenvalue weighted by atomic mass is 19.1. The van der Waals surface area contributed by atoms with E-state index in [0.717, 1.165) is 25.0 Å². The van der Waals surface area contributed by atoms with Gasteiger partial charge in [0.05, 0.1) is 12.2 Å². The number of urea groups is 1. The van der Waals surface area contributed by atoms with Crippen LogP contribution in [-0.4, -0.2) is 48.3 Å². The molecule has 1 aliphatic rings. The van der Waals surface area contributed by atoms with Crippen molar-refractivity contribution < 1.29 is 23.8 Å². The maximum Gasteiger partial charge on any atom is 0.338 e. The van der Waals surface area contributed by atoms with E-state index in [4.69, 9.17) is 9.84 Å². The molecule has 0 heterocycles. The number of halogens is 1. The third-order valence-corrected chi connectivity index (χ3v) is 3.23. The van der Waals surface area contributed by atoms with Gasteiger partial charge in [0.15, 0.2) is 0 Å². The minimum atomic E-state index is -1.37. The number of methoxy groups -OCH3 is 1. The molecule has 21 heavy (non-hydrogen) atoms. The van der Waals surface area contributed by atoms with E-state index in [-0.39, 0.29) is 17.8 Å². The molecular weight excluding hydrogens is 279 g/mol. The molecule has 7 heteroatoms. The summed E-state index contributed by atoms with van der Waals surface area (Å²) >= 11 is 0. The molecule has 0 atom stereocenters. The lowest BCUT2D eigenvalue weighted by Gasteiger charge is -2.22. The third-order valence-electron chi connectivity index (χ3n) is 3.23. The van der Waals surface area contributed by atoms with Gasteiger partial charge in [0.1, 0.15) is 5.82 Å². The number of nitrogens with one attached hydrogen (secondary N) is 1. The summed E-state index contributed by atoms with van der Waals surface area (Å²) in [6, 6.07) is 3.32. The Balaban J connectivity index is 2.07. The zero-order valence-corrected chi connectivity index (χ0v) is 11.6. The summed E-state index contributed by atoms with van der Waals surface area (Å²) in [4.78, 5) is 24.7. The monoisotopic (exact) mass is 296 g/mol. The quantitative estimate of drug-likeness (QED) is 0.843. The molecule has 0 saturated heterocycles. The molecule has 2 rings (SSSR count). The van der Waals surface area contributed by atoms with Crippen molar-refractivity contribution in [1.82, 2.24) is 4.90 Å². The number of anilines is 1. The van der Waals surface area contributed by atoms with Gasteiger partial charge in [-0.05, 0) is 31.0 Å². The number of carbonyl (C=O) groups is 2. The van der Waals surface area contributed by atoms with Crippen LogP contribution in [0.15, 0.2) is 18.2 Å². The number of carboxylic acids is 1. The topological polar surface area (TPSA) is 78.9 Å². The Hall–Kier alpha value is -2.15. The number of rotatable bonds is 6. The molecule has 1 fully saturated rings. The second-order valence-electron chi connectivity index (χ2n) is 4.85. The molecule has 1 saturated carbocycles. The van der Waals surface area contributed by atoms with Gasteiger partial charge in [-0.2, -0.15) is 0 Å². The average Bonchev–Trinajstić information content (AvgIpc) is 3.25. The van der Waals surface area contributed by atoms with Crippen molar-refractivity contribution in [1.29, 1.82) is 0 Å². The van der Waals surface area contributed by atoms with Crippen LogP contribution in [0.2, 0.25) is 0 Å². The molecule has 0 aromatic heterocycles. The maximum absolute atomic E-state index is 13.3. The van der Waals surface area contributed by atoms with E-state index < -0.39 is 17.3 Å². The summed E-state index contributed by atoms with van der Waals surface area (Å²) in [5.41, 5.74) is -0.218. The fourth-order valence-corrected chi connectivity index (χ4v) is 1.99. The smallest absolute Gasteiger partial charge is 0.338 e. The normalized spacial score (nSPS) is 13.8. The number of hydrogen-bond donors (Lipinski definition) is 2. The predicted octanol–water partition coefficient (Wildman–Crippen LogP) is 2.17. The van der Waals surface area contributed by atoms with Crippen LogP contribution < -0.4 is 5.32 Å². The zero-order valence-electron chi connectivity index (χ0n) is 11.6. The Labute approximate surface area is 121 Å². The van der Waals surface area contributed by atoms with Crippen molar-refractivity contribution in [2.24, 2.45) is 0 Å². The van der Waals surface area contributed by atoms with Crippen LogP contribution in [0.5, 0.6) is 0 Å². The van der Waals surface area contributed by atoms with Gasteiger partial charge in [-0.3, -0.25) is 0 Å². The molecule has 0 aliphatic heterocycles. The molecule has 1 aromatic carbocycles. The van der Waals surface area contributed by atoms with Gasteiger partial charge in [-0.15, -0.1) is 0 Å². The number of benzene rings is 1. The van der Waals surface area contributed by atoms with Crippen molar-refractivity contribution in [3.05, 3.63) is 29.6 Å². The van der Waals surface area contributed by atoms with Crippen LogP contribution in [0.25, 0.3) is 0 Å². The van der Waals surface area contributed by atoms with Gasteiger partial charge in [0, 0.05) is 25.4 Å². The van der Waals surface area contributed by atoms with Gasteiger partial charge in [0.25, 0.3) is 0 Å². The summed E-state index contributed by atoms with van der Waals surface area (Å²) in [7, 11) is 1.56. The minimum Gasteiger partial charge on any atom is -0.478 e. The summed E-state index contributed by atoms with van der Waals surface area (Å²) in [6.07, 6.45) is 1.89. The van der Waals surface area contributed by atoms with Crippen LogP contribution in [0.1, 0.15) is 23.2 Å². The molecule has 0 unspecified atom stereocenters. The first-order valence-electron chi connectivity index (χ1n) is 6.62. The molecule has 1 aliphatic carbocycles. The van der Waals surface area contributed by atoms with E-state index in [1.807, 2.05) is 0 Å². The van der Waals surface area contributed by atoms with Crippen LogP contribution in [0.4, 0.5) is 14.9 Å². The highest BCUT2D eigenvalue weighted by molar-refractivity contribution is 5.93. The summed E-state index contributed by atoms with van der Waals surface area (Å²) in [5, 5.41) is 11.5. The number of amides is 2. The van der Waals surface area contributed by atoms with Crippen molar-refractivity contribution in [2.75, 3.05) is 25.6 Å². The molecule has 6 nitrogen and oxygen atoms in total. The van der Waals surface area contributed by atoms with Gasteiger partial charge in [-0.25, -0.2) is 14.0 Å². The van der Waals surface area contributed by atoms with Crippen LogP contribution in [0.3, 0.4) is 0 Å². The number of aromatic carboxylic acids is 1. The summed E-state index contributed by atoms with van der Waals surface area (Å²) in [5.74, 6) is -2.21. The van der Waals surface area contributed by atoms with Gasteiger partial charge >= 0.3 is 12.0 Å². The first kappa shape index (κ1) is 15.2. The van der Waals surface area contributed by atoms with E-state index >= 15 is 0 Å². The number of carbonyl (C=O) groups excluding carboxylic acids is 1. The maximum atomic E-state index is 13.3. The molecule has 0 radical (unpaired) electrons. The highest BCUT2D eigenvalue weighted by Gasteiger charge is 2.32. The molecule has 2 amide bonds. The largest absolute Gasteiger partial charge is 0.478 e. The lowest BCUT2D eigenvalue weighted by molar-refractivity contribution is 0.0692. The van der Waals surface area contributed by atoms with Crippen LogP contribution in [0, 0.1) is 5.82 Å². The standard InChI is InChI=1S/C14H17FN2O4/c1-21-7-6-17(10-3-4-10)14(20)16-9-2-5-12(15)11(8-9)13(18)19/h2,5,8,10H,3-4,6-7H2,1H3,(H,16,20)(H,18,19). The number of nitrogens with zero attached hydrogens (tertiary/aromatic N) is 1. The first-order chi connectivity index (χ1) is 10.0. The van der Waals surface area contributed by atoms with E-state index in [1.165, 1.54) is 6.07 Å². The Kier molecular flexibility index (Phi) is 4.74. The van der Waals surface area contributed by atoms with E-state index in [1.54, 1.807) is 12.0 Å². The number of ether oxygens (including phenoxy) is 1. The third kappa shape index (κ3) is 3.91. The first-order valence-corrected chi connectivity index (χ1v) is 6.62. The van der Waals surface area contributed by atoms with Crippen molar-refractivity contribution in [3.8, 4) is 0 Å². The Morgan fingerprint density at radius 2 is 2.19 bits per heavy atom. The SMILES string of the molecule is COCCN(C(=O)Nc1ccc(F)c(C(=O)O)c1)C1CC1. The zero-order chi connectivity index (χ0) is 15.4. The Morgan fingerprint density at radius 1 is 1.48 bits per heavy atom. The van der Waals surface area contributed by atoms with Crippen molar-refractivity contribution in [3.63, 3.8) is 0 Å². The second-order valence-corrected chi connectivity index (χ2v) is 4.85. The van der Waals surface area contributed by atoms with E-state index in [0.29, 0.717) is 13.2 Å². The van der Waals surface area contributed by atoms with Crippen LogP contribution >= 0.6 is 0 Å². The van der Waals surface area contributed by atoms with Gasteiger partial charge < -0.3 is 20.1 Å². The molecule has 2 N–H and O–H groups in total. The fraction of sp³-hybridized carbons (Fsp3) is 0.429. The molecule has 1 aromatic rings. The number of hydrogen-bond acceptors (Lipinski definition) is 3. The lowest BCUT2D eigenvalue weighted by atomic mass is 10.2. The van der Waals surface area contributed by atoms with Crippen molar-refractivity contribution >= 4 is 17.7 Å². The van der Waals surface area contributed by atoms with Gasteiger partial charge in [-0.1, -0.05) is 0 Å². The summed E-state index contributed by atoms with van der Waals surface area (Å²) < 4.78 is 18.3. The van der Waals surface area contributed by atoms with Crippen LogP contribution in [-0.2, 0) is 4.74 Å². The minimum absolute atomic E-state index is 0.194. The molecular formula is C14H17FN2O4. The van der Waals surface area contributed by atoms with E-state index in [9.17, 15) is 14.0 Å². The highest BCUT2D eigenvalue weighted by Crippen LogP contribution is 2.27. The van der Waals surface area contributed by atoms with E-state index in [2.05, 4.69) is 5.32 Å². The average molecular weight is 296 g/mol. The lowest BCUT2D eigenvalue weighted by Crippen LogP contribution is -2.39. The predicted molar refractivity (Wildman–Crippen MR) is 74.0 cm³/mol. The summed E-state index contributed by atoms with van der Waals surface area (Å²) in [6.45, 7) is 0.883. The molecule has 0 spiro atoms. The Bertz CT molecular complexity index is 546. The molecule has 114 valence electrons. The van der Waals surface area contributed by atoms with Crippen molar-refractivity contribution in [2.45, 2.75) is 18.9 Å². The molecule has 0 bridgehead atoms. The fourth-order valence-electron chi connectivity index (χ4n) is 1.99. The second kappa shape index (κ2) is 6.53.